The highest BCUT2D eigenvalue weighted by Crippen LogP contribution is 1.98. The van der Waals surface area contributed by atoms with Crippen LogP contribution in [0.15, 0.2) is 0 Å². The molecule has 0 aliphatic heterocycles. The molecule has 0 spiro atoms. The molecule has 1 atom stereocenters. The van der Waals surface area contributed by atoms with Crippen LogP contribution in [0.1, 0.15) is 0 Å². The van der Waals surface area contributed by atoms with Crippen molar-refractivity contribution in [2.75, 3.05) is 18.1 Å². The summed E-state index contributed by atoms with van der Waals surface area (Å²) in [4.78, 5) is 9.90. The van der Waals surface area contributed by atoms with Gasteiger partial charge in [-0.1, -0.05) is 0 Å². The van der Waals surface area contributed by atoms with Gasteiger partial charge in [-0.25, -0.2) is 0 Å². The highest BCUT2D eigenvalue weighted by Gasteiger charge is 1.97. The third kappa shape index (κ3) is 5.82. The first-order valence-corrected chi connectivity index (χ1v) is 3.86. The number of nitrogens with two attached hydrogens (primary N) is 1. The molecule has 3 N–H and O–H groups in total. The summed E-state index contributed by atoms with van der Waals surface area (Å²) in [6.45, 7) is 0.149. The lowest BCUT2D eigenvalue weighted by atomic mass is 10.4. The summed E-state index contributed by atoms with van der Waals surface area (Å²) in [6.07, 6.45) is 0.713. The first-order valence-electron chi connectivity index (χ1n) is 2.70. The Morgan fingerprint density at radius 1 is 1.78 bits per heavy atom. The second kappa shape index (κ2) is 6.07. The molecule has 0 aromatic heterocycles. The normalized spacial score (nSPS) is 13.1. The van der Waals surface area contributed by atoms with E-state index in [0.29, 0.717) is 17.8 Å². The van der Waals surface area contributed by atoms with Gasteiger partial charge < -0.3 is 15.6 Å². The fraction of sp³-hybridized carbons (Fsp3) is 0.800. The van der Waals surface area contributed by atoms with Crippen molar-refractivity contribution in [3.63, 3.8) is 0 Å². The van der Waals surface area contributed by atoms with Crippen molar-refractivity contribution in [3.8, 4) is 0 Å². The SMILES string of the molecule is NC(C=O)CSCCO. The van der Waals surface area contributed by atoms with Crippen molar-refractivity contribution in [1.82, 2.24) is 0 Å². The number of hydrogen-bond donors (Lipinski definition) is 2. The van der Waals surface area contributed by atoms with Gasteiger partial charge >= 0.3 is 0 Å². The van der Waals surface area contributed by atoms with Crippen molar-refractivity contribution < 1.29 is 9.90 Å². The molecule has 4 heteroatoms. The van der Waals surface area contributed by atoms with Gasteiger partial charge in [0.2, 0.25) is 0 Å². The van der Waals surface area contributed by atoms with Crippen molar-refractivity contribution >= 4 is 18.0 Å². The summed E-state index contributed by atoms with van der Waals surface area (Å²) in [7, 11) is 0. The van der Waals surface area contributed by atoms with Gasteiger partial charge in [-0.2, -0.15) is 11.8 Å². The highest BCUT2D eigenvalue weighted by atomic mass is 32.2. The van der Waals surface area contributed by atoms with Crippen LogP contribution in [0.3, 0.4) is 0 Å². The number of aldehydes is 1. The molecular weight excluding hydrogens is 138 g/mol. The molecular formula is C5H11NO2S. The molecule has 0 aliphatic carbocycles. The van der Waals surface area contributed by atoms with E-state index < -0.39 is 0 Å². The van der Waals surface area contributed by atoms with Gasteiger partial charge in [-0.05, 0) is 0 Å². The van der Waals surface area contributed by atoms with E-state index in [4.69, 9.17) is 10.8 Å². The van der Waals surface area contributed by atoms with Crippen molar-refractivity contribution in [2.45, 2.75) is 6.04 Å². The zero-order valence-electron chi connectivity index (χ0n) is 5.12. The van der Waals surface area contributed by atoms with Gasteiger partial charge in [0, 0.05) is 11.5 Å². The van der Waals surface area contributed by atoms with Gasteiger partial charge in [0.15, 0.2) is 0 Å². The number of rotatable bonds is 5. The quantitative estimate of drug-likeness (QED) is 0.398. The third-order valence-corrected chi connectivity index (χ3v) is 1.81. The van der Waals surface area contributed by atoms with E-state index in [0.717, 1.165) is 0 Å². The van der Waals surface area contributed by atoms with Crippen LogP contribution in [-0.2, 0) is 4.79 Å². The molecule has 0 saturated carbocycles. The zero-order chi connectivity index (χ0) is 7.11. The summed E-state index contributed by atoms with van der Waals surface area (Å²) in [6, 6.07) is -0.374. The Kier molecular flexibility index (Phi) is 6.03. The van der Waals surface area contributed by atoms with Crippen LogP contribution >= 0.6 is 11.8 Å². The summed E-state index contributed by atoms with van der Waals surface area (Å²) in [5.41, 5.74) is 5.24. The van der Waals surface area contributed by atoms with Crippen molar-refractivity contribution in [1.29, 1.82) is 0 Å². The van der Waals surface area contributed by atoms with E-state index in [1.54, 1.807) is 0 Å². The largest absolute Gasteiger partial charge is 0.396 e. The first kappa shape index (κ1) is 8.94. The van der Waals surface area contributed by atoms with E-state index in [2.05, 4.69) is 0 Å². The van der Waals surface area contributed by atoms with E-state index in [-0.39, 0.29) is 12.6 Å². The molecule has 0 aromatic rings. The molecule has 9 heavy (non-hydrogen) atoms. The van der Waals surface area contributed by atoms with Crippen LogP contribution in [0.5, 0.6) is 0 Å². The minimum atomic E-state index is -0.374. The molecule has 0 bridgehead atoms. The minimum absolute atomic E-state index is 0.149. The number of aliphatic hydroxyl groups excluding tert-OH is 1. The van der Waals surface area contributed by atoms with Crippen LogP contribution in [0, 0.1) is 0 Å². The molecule has 0 radical (unpaired) electrons. The molecule has 0 aliphatic rings. The van der Waals surface area contributed by atoms with Crippen LogP contribution in [0.2, 0.25) is 0 Å². The molecule has 3 nitrogen and oxygen atoms in total. The van der Waals surface area contributed by atoms with E-state index >= 15 is 0 Å². The Bertz CT molecular complexity index is 79.4. The van der Waals surface area contributed by atoms with Crippen LogP contribution in [0.25, 0.3) is 0 Å². The molecule has 0 aromatic carbocycles. The van der Waals surface area contributed by atoms with Crippen LogP contribution in [-0.4, -0.2) is 35.5 Å². The summed E-state index contributed by atoms with van der Waals surface area (Å²) < 4.78 is 0. The summed E-state index contributed by atoms with van der Waals surface area (Å²) in [5.74, 6) is 1.26. The van der Waals surface area contributed by atoms with Gasteiger partial charge in [-0.15, -0.1) is 0 Å². The number of carbonyl (C=O) groups excluding carboxylic acids is 1. The Morgan fingerprint density at radius 3 is 2.89 bits per heavy atom. The van der Waals surface area contributed by atoms with E-state index in [9.17, 15) is 4.79 Å². The Labute approximate surface area is 58.6 Å². The second-order valence-corrected chi connectivity index (χ2v) is 2.75. The average Bonchev–Trinajstić information content (AvgIpc) is 1.89. The maximum atomic E-state index is 9.90. The molecule has 54 valence electrons. The van der Waals surface area contributed by atoms with E-state index in [1.165, 1.54) is 11.8 Å². The maximum absolute atomic E-state index is 9.90. The second-order valence-electron chi connectivity index (χ2n) is 1.60. The van der Waals surface area contributed by atoms with Crippen molar-refractivity contribution in [2.24, 2.45) is 5.73 Å². The lowest BCUT2D eigenvalue weighted by molar-refractivity contribution is -0.108. The maximum Gasteiger partial charge on any atom is 0.137 e. The smallest absolute Gasteiger partial charge is 0.137 e. The molecule has 0 fully saturated rings. The monoisotopic (exact) mass is 149 g/mol. The predicted molar refractivity (Wildman–Crippen MR) is 38.5 cm³/mol. The molecule has 0 heterocycles. The van der Waals surface area contributed by atoms with Gasteiger partial charge in [0.25, 0.3) is 0 Å². The first-order chi connectivity index (χ1) is 4.31. The Hall–Kier alpha value is -0.0600. The number of thioether (sulfide) groups is 1. The fourth-order valence-electron chi connectivity index (χ4n) is 0.323. The lowest BCUT2D eigenvalue weighted by Gasteiger charge is -2.00. The van der Waals surface area contributed by atoms with Crippen LogP contribution < -0.4 is 5.73 Å². The lowest BCUT2D eigenvalue weighted by Crippen LogP contribution is -2.24. The van der Waals surface area contributed by atoms with Gasteiger partial charge in [-0.3, -0.25) is 0 Å². The molecule has 0 rings (SSSR count). The summed E-state index contributed by atoms with van der Waals surface area (Å²) in [5, 5.41) is 8.30. The predicted octanol–water partition coefficient (Wildman–Crippen LogP) is -0.762. The van der Waals surface area contributed by atoms with Gasteiger partial charge in [0.1, 0.15) is 6.29 Å². The third-order valence-electron chi connectivity index (χ3n) is 0.721. The van der Waals surface area contributed by atoms with Crippen molar-refractivity contribution in [3.05, 3.63) is 0 Å². The number of hydrogen-bond acceptors (Lipinski definition) is 4. The zero-order valence-corrected chi connectivity index (χ0v) is 5.93. The average molecular weight is 149 g/mol. The number of aliphatic hydroxyl groups is 1. The Balaban J connectivity index is 2.96. The summed E-state index contributed by atoms with van der Waals surface area (Å²) >= 11 is 1.48. The van der Waals surface area contributed by atoms with Gasteiger partial charge in [0.05, 0.1) is 12.6 Å². The van der Waals surface area contributed by atoms with E-state index in [1.807, 2.05) is 0 Å². The van der Waals surface area contributed by atoms with Crippen LogP contribution in [0.4, 0.5) is 0 Å². The Morgan fingerprint density at radius 2 is 2.44 bits per heavy atom. The standard InChI is InChI=1S/C5H11NO2S/c6-5(3-8)4-9-2-1-7/h3,5,7H,1-2,4,6H2. The number of carbonyl (C=O) groups is 1. The highest BCUT2D eigenvalue weighted by molar-refractivity contribution is 7.99. The fourth-order valence-corrected chi connectivity index (χ4v) is 0.970. The molecule has 1 unspecified atom stereocenters. The minimum Gasteiger partial charge on any atom is -0.396 e. The molecule has 0 amide bonds. The molecule has 0 saturated heterocycles. The topological polar surface area (TPSA) is 63.3 Å².